The summed E-state index contributed by atoms with van der Waals surface area (Å²) in [5.41, 5.74) is 1.00. The van der Waals surface area contributed by atoms with Gasteiger partial charge >= 0.3 is 5.97 Å². The van der Waals surface area contributed by atoms with Crippen molar-refractivity contribution < 1.29 is 9.90 Å². The van der Waals surface area contributed by atoms with Crippen molar-refractivity contribution in [3.8, 4) is 0 Å². The first kappa shape index (κ1) is 13.7. The molecule has 5 nitrogen and oxygen atoms in total. The van der Waals surface area contributed by atoms with Crippen LogP contribution in [0.3, 0.4) is 0 Å². The third-order valence-electron chi connectivity index (χ3n) is 3.12. The molecule has 0 atom stereocenters. The molecule has 0 bridgehead atoms. The minimum absolute atomic E-state index is 0.0587. The number of nitrogens with zero attached hydrogens (tertiary/aromatic N) is 2. The van der Waals surface area contributed by atoms with Gasteiger partial charge in [-0.25, -0.2) is 4.98 Å². The van der Waals surface area contributed by atoms with E-state index >= 15 is 0 Å². The van der Waals surface area contributed by atoms with Crippen molar-refractivity contribution in [2.45, 2.75) is 39.7 Å². The van der Waals surface area contributed by atoms with Crippen LogP contribution in [0.4, 0.5) is 0 Å². The maximum atomic E-state index is 12.4. The van der Waals surface area contributed by atoms with Crippen molar-refractivity contribution in [1.82, 2.24) is 9.55 Å². The minimum Gasteiger partial charge on any atom is -0.481 e. The first-order chi connectivity index (χ1) is 9.04. The first-order valence-corrected chi connectivity index (χ1v) is 7.05. The van der Waals surface area contributed by atoms with Gasteiger partial charge < -0.3 is 5.11 Å². The SMILES string of the molecule is CCc1c(C)sc2ncn(CCCC(=O)O)c(=O)c12. The lowest BCUT2D eigenvalue weighted by molar-refractivity contribution is -0.137. The normalized spacial score (nSPS) is 11.1. The second-order valence-electron chi connectivity index (χ2n) is 4.41. The zero-order chi connectivity index (χ0) is 14.0. The fourth-order valence-corrected chi connectivity index (χ4v) is 3.25. The van der Waals surface area contributed by atoms with E-state index in [0.717, 1.165) is 21.7 Å². The highest BCUT2D eigenvalue weighted by atomic mass is 32.1. The van der Waals surface area contributed by atoms with Gasteiger partial charge in [-0.2, -0.15) is 0 Å². The van der Waals surface area contributed by atoms with Gasteiger partial charge in [0, 0.05) is 17.8 Å². The molecule has 0 aromatic carbocycles. The van der Waals surface area contributed by atoms with E-state index < -0.39 is 5.97 Å². The number of thiophene rings is 1. The van der Waals surface area contributed by atoms with E-state index in [2.05, 4.69) is 4.98 Å². The van der Waals surface area contributed by atoms with Gasteiger partial charge in [0.1, 0.15) is 4.83 Å². The predicted molar refractivity (Wildman–Crippen MR) is 74.9 cm³/mol. The highest BCUT2D eigenvalue weighted by molar-refractivity contribution is 7.18. The number of fused-ring (bicyclic) bond motifs is 1. The number of carbonyl (C=O) groups is 1. The third kappa shape index (κ3) is 2.68. The molecule has 1 N–H and O–H groups in total. The lowest BCUT2D eigenvalue weighted by Crippen LogP contribution is -2.21. The molecule has 2 rings (SSSR count). The molecule has 0 amide bonds. The van der Waals surface area contributed by atoms with Gasteiger partial charge in [-0.05, 0) is 25.3 Å². The van der Waals surface area contributed by atoms with Crippen LogP contribution in [0.1, 0.15) is 30.2 Å². The molecule has 0 radical (unpaired) electrons. The van der Waals surface area contributed by atoms with Gasteiger partial charge in [0.2, 0.25) is 0 Å². The van der Waals surface area contributed by atoms with Crippen molar-refractivity contribution in [3.05, 3.63) is 27.1 Å². The van der Waals surface area contributed by atoms with Gasteiger partial charge in [-0.3, -0.25) is 14.2 Å². The van der Waals surface area contributed by atoms with Gasteiger partial charge in [-0.1, -0.05) is 6.92 Å². The molecule has 2 aromatic rings. The monoisotopic (exact) mass is 280 g/mol. The molecule has 0 aliphatic carbocycles. The van der Waals surface area contributed by atoms with Crippen LogP contribution in [0.2, 0.25) is 0 Å². The van der Waals surface area contributed by atoms with Crippen LogP contribution in [0.5, 0.6) is 0 Å². The maximum absolute atomic E-state index is 12.4. The summed E-state index contributed by atoms with van der Waals surface area (Å²) in [6.07, 6.45) is 2.82. The smallest absolute Gasteiger partial charge is 0.303 e. The second kappa shape index (κ2) is 5.52. The van der Waals surface area contributed by atoms with Gasteiger partial charge in [-0.15, -0.1) is 11.3 Å². The molecule has 2 aromatic heterocycles. The second-order valence-corrected chi connectivity index (χ2v) is 5.61. The fourth-order valence-electron chi connectivity index (χ4n) is 2.18. The Morgan fingerprint density at radius 3 is 2.89 bits per heavy atom. The van der Waals surface area contributed by atoms with Crippen molar-refractivity contribution in [2.75, 3.05) is 0 Å². The molecule has 0 saturated heterocycles. The summed E-state index contributed by atoms with van der Waals surface area (Å²) in [6, 6.07) is 0. The summed E-state index contributed by atoms with van der Waals surface area (Å²) in [4.78, 5) is 29.1. The molecule has 6 heteroatoms. The van der Waals surface area contributed by atoms with Crippen LogP contribution in [0.15, 0.2) is 11.1 Å². The molecule has 0 spiro atoms. The fraction of sp³-hybridized carbons (Fsp3) is 0.462. The summed E-state index contributed by atoms with van der Waals surface area (Å²) in [6.45, 7) is 4.42. The van der Waals surface area contributed by atoms with Crippen molar-refractivity contribution in [2.24, 2.45) is 0 Å². The zero-order valence-electron chi connectivity index (χ0n) is 11.0. The number of carboxylic acid groups (broad SMARTS) is 1. The highest BCUT2D eigenvalue weighted by Crippen LogP contribution is 2.26. The molecule has 0 aliphatic rings. The maximum Gasteiger partial charge on any atom is 0.303 e. The van der Waals surface area contributed by atoms with Crippen molar-refractivity contribution in [3.63, 3.8) is 0 Å². The van der Waals surface area contributed by atoms with Crippen LogP contribution < -0.4 is 5.56 Å². The van der Waals surface area contributed by atoms with Gasteiger partial charge in [0.25, 0.3) is 5.56 Å². The summed E-state index contributed by atoms with van der Waals surface area (Å²) >= 11 is 1.54. The quantitative estimate of drug-likeness (QED) is 0.911. The van der Waals surface area contributed by atoms with Crippen LogP contribution in [-0.2, 0) is 17.8 Å². The van der Waals surface area contributed by atoms with Crippen molar-refractivity contribution in [1.29, 1.82) is 0 Å². The summed E-state index contributed by atoms with van der Waals surface area (Å²) in [5.74, 6) is -0.845. The van der Waals surface area contributed by atoms with Crippen LogP contribution in [0.25, 0.3) is 10.2 Å². The Bertz CT molecular complexity index is 672. The van der Waals surface area contributed by atoms with Crippen LogP contribution in [-0.4, -0.2) is 20.6 Å². The Kier molecular flexibility index (Phi) is 3.99. The number of rotatable bonds is 5. The Labute approximate surface area is 114 Å². The molecular weight excluding hydrogens is 264 g/mol. The van der Waals surface area contributed by atoms with E-state index in [1.165, 1.54) is 22.2 Å². The molecule has 0 saturated carbocycles. The number of aromatic nitrogens is 2. The van der Waals surface area contributed by atoms with E-state index in [0.29, 0.717) is 18.4 Å². The third-order valence-corrected chi connectivity index (χ3v) is 4.18. The topological polar surface area (TPSA) is 72.2 Å². The first-order valence-electron chi connectivity index (χ1n) is 6.23. The van der Waals surface area contributed by atoms with E-state index in [1.54, 1.807) is 0 Å². The Morgan fingerprint density at radius 1 is 1.53 bits per heavy atom. The number of carboxylic acids is 1. The molecular formula is C13H16N2O3S. The number of hydrogen-bond acceptors (Lipinski definition) is 4. The molecule has 2 heterocycles. The summed E-state index contributed by atoms with van der Waals surface area (Å²) < 4.78 is 1.51. The standard InChI is InChI=1S/C13H16N2O3S/c1-3-9-8(2)19-12-11(9)13(18)15(7-14-12)6-4-5-10(16)17/h7H,3-6H2,1-2H3,(H,16,17). The van der Waals surface area contributed by atoms with E-state index in [4.69, 9.17) is 5.11 Å². The minimum atomic E-state index is -0.845. The summed E-state index contributed by atoms with van der Waals surface area (Å²) in [7, 11) is 0. The number of aliphatic carboxylic acids is 1. The largest absolute Gasteiger partial charge is 0.481 e. The van der Waals surface area contributed by atoms with Crippen LogP contribution >= 0.6 is 11.3 Å². The lowest BCUT2D eigenvalue weighted by Gasteiger charge is -2.04. The highest BCUT2D eigenvalue weighted by Gasteiger charge is 2.13. The van der Waals surface area contributed by atoms with Gasteiger partial charge in [0.05, 0.1) is 11.7 Å². The summed E-state index contributed by atoms with van der Waals surface area (Å²) in [5, 5.41) is 9.31. The molecule has 102 valence electrons. The molecule has 0 fully saturated rings. The van der Waals surface area contributed by atoms with Gasteiger partial charge in [0.15, 0.2) is 0 Å². The van der Waals surface area contributed by atoms with E-state index in [9.17, 15) is 9.59 Å². The Hall–Kier alpha value is -1.69. The predicted octanol–water partition coefficient (Wildman–Crippen LogP) is 2.19. The zero-order valence-corrected chi connectivity index (χ0v) is 11.8. The molecule has 19 heavy (non-hydrogen) atoms. The molecule has 0 aliphatic heterocycles. The average molecular weight is 280 g/mol. The number of hydrogen-bond donors (Lipinski definition) is 1. The average Bonchev–Trinajstić information content (AvgIpc) is 2.68. The van der Waals surface area contributed by atoms with Crippen LogP contribution in [0, 0.1) is 6.92 Å². The van der Waals surface area contributed by atoms with Crippen molar-refractivity contribution >= 4 is 27.5 Å². The van der Waals surface area contributed by atoms with E-state index in [1.807, 2.05) is 13.8 Å². The Balaban J connectivity index is 2.39. The lowest BCUT2D eigenvalue weighted by atomic mass is 10.1. The van der Waals surface area contributed by atoms with E-state index in [-0.39, 0.29) is 12.0 Å². The Morgan fingerprint density at radius 2 is 2.26 bits per heavy atom. The molecule has 0 unspecified atom stereocenters. The number of aryl methyl sites for hydroxylation is 3.